The Hall–Kier alpha value is -1.00. The Balaban J connectivity index is 2.73. The summed E-state index contributed by atoms with van der Waals surface area (Å²) in [5.41, 5.74) is 3.31. The number of aliphatic hydroxyl groups excluding tert-OH is 1. The van der Waals surface area contributed by atoms with Crippen molar-refractivity contribution in [2.75, 3.05) is 0 Å². The van der Waals surface area contributed by atoms with Gasteiger partial charge in [-0.25, -0.2) is 0 Å². The third-order valence-corrected chi connectivity index (χ3v) is 8.76. The van der Waals surface area contributed by atoms with Crippen LogP contribution in [-0.2, 0) is 0 Å². The molecule has 96 valence electrons. The van der Waals surface area contributed by atoms with E-state index in [4.69, 9.17) is 0 Å². The van der Waals surface area contributed by atoms with Gasteiger partial charge in [0.2, 0.25) is 0 Å². The highest BCUT2D eigenvalue weighted by atomic mass is 32.1. The monoisotopic (exact) mass is 276 g/mol. The maximum absolute atomic E-state index is 9.78. The van der Waals surface area contributed by atoms with Gasteiger partial charge in [-0.2, -0.15) is 0 Å². The summed E-state index contributed by atoms with van der Waals surface area (Å²) in [5, 5.41) is 12.0. The Morgan fingerprint density at radius 1 is 1.28 bits per heavy atom. The maximum Gasteiger partial charge on any atom is 0.150 e. The van der Waals surface area contributed by atoms with E-state index in [0.29, 0.717) is 0 Å². The largest absolute Gasteiger partial charge is 0.375 e. The molecule has 0 radical (unpaired) electrons. The smallest absolute Gasteiger partial charge is 0.150 e. The predicted molar refractivity (Wildman–Crippen MR) is 82.0 cm³/mol. The van der Waals surface area contributed by atoms with Crippen LogP contribution in [0.5, 0.6) is 0 Å². The molecule has 1 N–H and O–H groups in total. The first kappa shape index (κ1) is 15.1. The van der Waals surface area contributed by atoms with E-state index >= 15 is 0 Å². The van der Waals surface area contributed by atoms with E-state index in [1.54, 1.807) is 0 Å². The van der Waals surface area contributed by atoms with E-state index in [9.17, 15) is 5.11 Å². The van der Waals surface area contributed by atoms with Crippen molar-refractivity contribution in [3.63, 3.8) is 0 Å². The minimum atomic E-state index is -1.59. The van der Waals surface area contributed by atoms with Crippen LogP contribution in [0.15, 0.2) is 17.5 Å². The lowest BCUT2D eigenvalue weighted by molar-refractivity contribution is 0.242. The van der Waals surface area contributed by atoms with Crippen LogP contribution < -0.4 is 0 Å². The van der Waals surface area contributed by atoms with Gasteiger partial charge in [-0.1, -0.05) is 45.9 Å². The zero-order valence-electron chi connectivity index (χ0n) is 11.7. The van der Waals surface area contributed by atoms with Gasteiger partial charge in [0.05, 0.1) is 0 Å². The highest BCUT2D eigenvalue weighted by Gasteiger charge is 2.33. The second-order valence-electron chi connectivity index (χ2n) is 5.81. The zero-order valence-corrected chi connectivity index (χ0v) is 13.5. The number of thiophene rings is 1. The molecule has 1 aromatic heterocycles. The maximum atomic E-state index is 9.78. The first-order valence-electron chi connectivity index (χ1n) is 5.98. The molecule has 1 heterocycles. The average molecular weight is 276 g/mol. The van der Waals surface area contributed by atoms with E-state index in [0.717, 1.165) is 4.88 Å². The first-order valence-corrected chi connectivity index (χ1v) is 9.86. The molecule has 0 spiro atoms. The Bertz CT molecular complexity index is 501. The van der Waals surface area contributed by atoms with Crippen molar-refractivity contribution >= 4 is 19.4 Å². The summed E-state index contributed by atoms with van der Waals surface area (Å²) in [6.07, 6.45) is -0.710. The summed E-state index contributed by atoms with van der Waals surface area (Å²) in [6.45, 7) is 11.2. The second-order valence-corrected chi connectivity index (χ2v) is 11.8. The fourth-order valence-corrected chi connectivity index (χ4v) is 2.41. The van der Waals surface area contributed by atoms with Crippen LogP contribution >= 0.6 is 11.3 Å². The third kappa shape index (κ3) is 4.03. The molecule has 0 saturated carbocycles. The summed E-state index contributed by atoms with van der Waals surface area (Å²) in [4.78, 5) is 0.872. The van der Waals surface area contributed by atoms with Crippen LogP contribution in [-0.4, -0.2) is 13.2 Å². The summed E-state index contributed by atoms with van der Waals surface area (Å²) >= 11 is 1.51. The fraction of sp³-hybridized carbons (Fsp3) is 0.467. The molecule has 18 heavy (non-hydrogen) atoms. The van der Waals surface area contributed by atoms with Crippen LogP contribution in [0.2, 0.25) is 18.1 Å². The minimum absolute atomic E-state index is 0.244. The summed E-state index contributed by atoms with van der Waals surface area (Å²) in [5.74, 6) is 8.48. The lowest BCUT2D eigenvalue weighted by Crippen LogP contribution is -2.35. The summed E-state index contributed by atoms with van der Waals surface area (Å²) < 4.78 is 0. The molecule has 0 bridgehead atoms. The Labute approximate surface area is 115 Å². The molecule has 1 atom stereocenters. The topological polar surface area (TPSA) is 20.2 Å². The van der Waals surface area contributed by atoms with Gasteiger partial charge in [-0.3, -0.25) is 0 Å². The molecule has 0 aliphatic carbocycles. The van der Waals surface area contributed by atoms with E-state index in [-0.39, 0.29) is 5.04 Å². The van der Waals surface area contributed by atoms with Gasteiger partial charge in [-0.15, -0.1) is 16.9 Å². The number of rotatable bonds is 1. The molecule has 1 rings (SSSR count). The van der Waals surface area contributed by atoms with Gasteiger partial charge >= 0.3 is 0 Å². The van der Waals surface area contributed by atoms with Crippen LogP contribution in [0.3, 0.4) is 0 Å². The van der Waals surface area contributed by atoms with Crippen molar-refractivity contribution in [2.45, 2.75) is 45.0 Å². The number of hydrogen-bond donors (Lipinski definition) is 1. The molecule has 0 amide bonds. The lowest BCUT2D eigenvalue weighted by atomic mass is 10.2. The van der Waals surface area contributed by atoms with Crippen LogP contribution in [0, 0.1) is 23.3 Å². The quantitative estimate of drug-likeness (QED) is 0.610. The normalized spacial score (nSPS) is 13.0. The van der Waals surface area contributed by atoms with Crippen molar-refractivity contribution in [1.82, 2.24) is 0 Å². The molecule has 0 aliphatic heterocycles. The van der Waals surface area contributed by atoms with Crippen molar-refractivity contribution < 1.29 is 5.11 Å². The number of hydrogen-bond acceptors (Lipinski definition) is 2. The summed E-state index contributed by atoms with van der Waals surface area (Å²) in [6, 6.07) is 3.79. The average Bonchev–Trinajstić information content (AvgIpc) is 2.75. The van der Waals surface area contributed by atoms with Crippen molar-refractivity contribution in [3.05, 3.63) is 22.4 Å². The molecule has 0 saturated heterocycles. The number of aliphatic hydroxyl groups is 1. The first-order chi connectivity index (χ1) is 8.24. The van der Waals surface area contributed by atoms with Crippen molar-refractivity contribution in [2.24, 2.45) is 0 Å². The Morgan fingerprint density at radius 3 is 2.44 bits per heavy atom. The molecular weight excluding hydrogens is 256 g/mol. The highest BCUT2D eigenvalue weighted by Crippen LogP contribution is 2.34. The van der Waals surface area contributed by atoms with Gasteiger partial charge in [-0.05, 0) is 28.3 Å². The molecule has 0 aliphatic rings. The molecule has 3 heteroatoms. The predicted octanol–water partition coefficient (Wildman–Crippen LogP) is 3.84. The van der Waals surface area contributed by atoms with Crippen LogP contribution in [0.4, 0.5) is 0 Å². The Morgan fingerprint density at radius 2 is 1.94 bits per heavy atom. The van der Waals surface area contributed by atoms with Gasteiger partial charge in [0, 0.05) is 4.88 Å². The SMILES string of the molecule is CC(C)(C)[Si](C)(C)C#CC#CC(O)c1cccs1. The van der Waals surface area contributed by atoms with Crippen LogP contribution in [0.25, 0.3) is 0 Å². The standard InChI is InChI=1S/C15H20OSSi/c1-15(2,3)18(4,5)12-7-6-9-13(16)14-10-8-11-17-14/h8,10-11,13,16H,1-5H3. The van der Waals surface area contributed by atoms with E-state index in [1.165, 1.54) is 11.3 Å². The second kappa shape index (κ2) is 5.76. The van der Waals surface area contributed by atoms with Gasteiger partial charge in [0.15, 0.2) is 0 Å². The van der Waals surface area contributed by atoms with Crippen molar-refractivity contribution in [3.8, 4) is 23.3 Å². The Kier molecular flexibility index (Phi) is 4.82. The summed E-state index contributed by atoms with van der Waals surface area (Å²) in [7, 11) is -1.59. The molecule has 1 nitrogen and oxygen atoms in total. The molecular formula is C15H20OSSi. The van der Waals surface area contributed by atoms with E-state index < -0.39 is 14.2 Å². The van der Waals surface area contributed by atoms with E-state index in [2.05, 4.69) is 57.2 Å². The molecule has 1 aromatic rings. The van der Waals surface area contributed by atoms with Gasteiger partial charge in [0.25, 0.3) is 0 Å². The van der Waals surface area contributed by atoms with Crippen molar-refractivity contribution in [1.29, 1.82) is 0 Å². The minimum Gasteiger partial charge on any atom is -0.375 e. The molecule has 0 aromatic carbocycles. The van der Waals surface area contributed by atoms with Gasteiger partial charge < -0.3 is 5.11 Å². The van der Waals surface area contributed by atoms with E-state index in [1.807, 2.05) is 17.5 Å². The zero-order chi connectivity index (χ0) is 13.8. The highest BCUT2D eigenvalue weighted by molar-refractivity contribution is 7.10. The molecule has 1 unspecified atom stereocenters. The van der Waals surface area contributed by atoms with Crippen LogP contribution in [0.1, 0.15) is 31.8 Å². The van der Waals surface area contributed by atoms with Gasteiger partial charge in [0.1, 0.15) is 14.2 Å². The fourth-order valence-electron chi connectivity index (χ4n) is 0.997. The molecule has 0 fully saturated rings. The lowest BCUT2D eigenvalue weighted by Gasteiger charge is -2.31. The third-order valence-electron chi connectivity index (χ3n) is 3.33.